The monoisotopic (exact) mass is 536 g/mol. The van der Waals surface area contributed by atoms with Gasteiger partial charge in [-0.2, -0.15) is 0 Å². The molecule has 0 saturated carbocycles. The Kier molecular flexibility index (Phi) is 12.5. The van der Waals surface area contributed by atoms with Crippen LogP contribution in [0.25, 0.3) is 0 Å². The van der Waals surface area contributed by atoms with E-state index in [1.54, 1.807) is 11.9 Å². The van der Waals surface area contributed by atoms with Gasteiger partial charge >= 0.3 is 0 Å². The van der Waals surface area contributed by atoms with E-state index in [0.29, 0.717) is 18.3 Å². The third kappa shape index (κ3) is 7.76. The molecule has 0 aromatic heterocycles. The number of hydrogen-bond acceptors (Lipinski definition) is 6. The largest absolute Gasteiger partial charge is 0.342 e. The van der Waals surface area contributed by atoms with Crippen LogP contribution in [0.4, 0.5) is 4.39 Å². The number of alkyl halides is 1. The van der Waals surface area contributed by atoms with E-state index in [-0.39, 0.29) is 29.7 Å². The number of amides is 1. The molecule has 6 nitrogen and oxygen atoms in total. The summed E-state index contributed by atoms with van der Waals surface area (Å²) >= 11 is 1.54. The molecule has 1 amide bonds. The van der Waals surface area contributed by atoms with Crippen LogP contribution in [0, 0.1) is 34.5 Å². The van der Waals surface area contributed by atoms with Gasteiger partial charge < -0.3 is 11.1 Å². The number of hydrogen-bond donors (Lipinski definition) is 3. The zero-order valence-electron chi connectivity index (χ0n) is 23.7. The lowest BCUT2D eigenvalue weighted by atomic mass is 9.64. The standard InChI is InChI=1S/C29H49FN4O2S/c1-8-10-16-23(18(3)4)25-20(6)34-37-28(25)32-27(35)24(26(31)33-36)19(5)29(7,17-22(30)9-2)21-14-12-11-13-15-21/h11-15,18-20,22-26,28,34H,8-10,16-17,31H2,1-7H3,(H,32,35). The SMILES string of the molecule is CCCCC(C(C)C)C1C(C)NSC1NC(=O)C(C(N)N=O)C(C)C(C)(CC(F)CC)c1ccccc1. The van der Waals surface area contributed by atoms with Gasteiger partial charge in [-0.25, -0.2) is 4.39 Å². The van der Waals surface area contributed by atoms with E-state index >= 15 is 0 Å². The van der Waals surface area contributed by atoms with Crippen molar-refractivity contribution in [2.45, 2.75) is 110 Å². The van der Waals surface area contributed by atoms with Crippen LogP contribution >= 0.6 is 11.9 Å². The second-order valence-corrected chi connectivity index (χ2v) is 12.5. The van der Waals surface area contributed by atoms with Crippen molar-refractivity contribution in [3.63, 3.8) is 0 Å². The second kappa shape index (κ2) is 14.6. The van der Waals surface area contributed by atoms with Gasteiger partial charge in [0.05, 0.1) is 11.3 Å². The first-order chi connectivity index (χ1) is 17.5. The zero-order chi connectivity index (χ0) is 27.8. The highest BCUT2D eigenvalue weighted by Crippen LogP contribution is 2.44. The highest BCUT2D eigenvalue weighted by atomic mass is 32.2. The Morgan fingerprint density at radius 1 is 1.24 bits per heavy atom. The van der Waals surface area contributed by atoms with Gasteiger partial charge in [0.15, 0.2) is 6.17 Å². The van der Waals surface area contributed by atoms with E-state index < -0.39 is 29.6 Å². The molecule has 0 radical (unpaired) electrons. The van der Waals surface area contributed by atoms with E-state index in [9.17, 15) is 14.1 Å². The molecule has 1 aromatic carbocycles. The van der Waals surface area contributed by atoms with Crippen LogP contribution in [0.3, 0.4) is 0 Å². The van der Waals surface area contributed by atoms with E-state index in [0.717, 1.165) is 24.8 Å². The lowest BCUT2D eigenvalue weighted by molar-refractivity contribution is -0.129. The number of nitroso groups, excluding NO2 is 1. The van der Waals surface area contributed by atoms with E-state index in [2.05, 4.69) is 42.9 Å². The number of unbranched alkanes of at least 4 members (excludes halogenated alkanes) is 1. The summed E-state index contributed by atoms with van der Waals surface area (Å²) in [5.74, 6) is -0.439. The normalized spacial score (nSPS) is 25.6. The number of nitrogens with one attached hydrogen (secondary N) is 2. The molecule has 1 heterocycles. The van der Waals surface area contributed by atoms with Crippen molar-refractivity contribution in [1.82, 2.24) is 10.0 Å². The molecule has 210 valence electrons. The highest BCUT2D eigenvalue weighted by Gasteiger charge is 2.47. The Labute approximate surface area is 228 Å². The first-order valence-corrected chi connectivity index (χ1v) is 14.9. The van der Waals surface area contributed by atoms with Gasteiger partial charge in [0.25, 0.3) is 0 Å². The summed E-state index contributed by atoms with van der Waals surface area (Å²) in [4.78, 5) is 25.6. The topological polar surface area (TPSA) is 96.6 Å². The number of carbonyl (C=O) groups is 1. The average Bonchev–Trinajstić information content (AvgIpc) is 3.23. The van der Waals surface area contributed by atoms with Crippen molar-refractivity contribution in [3.8, 4) is 0 Å². The van der Waals surface area contributed by atoms with Gasteiger partial charge in [-0.3, -0.25) is 9.52 Å². The van der Waals surface area contributed by atoms with Crippen LogP contribution in [0.1, 0.15) is 86.1 Å². The molecule has 9 unspecified atom stereocenters. The minimum atomic E-state index is -1.23. The van der Waals surface area contributed by atoms with Crippen molar-refractivity contribution < 1.29 is 9.18 Å². The van der Waals surface area contributed by atoms with E-state index in [1.807, 2.05) is 51.1 Å². The van der Waals surface area contributed by atoms with Crippen molar-refractivity contribution in [1.29, 1.82) is 0 Å². The van der Waals surface area contributed by atoms with Gasteiger partial charge in [0.1, 0.15) is 6.17 Å². The molecule has 1 aliphatic heterocycles. The molecule has 9 atom stereocenters. The summed E-state index contributed by atoms with van der Waals surface area (Å²) < 4.78 is 18.4. The summed E-state index contributed by atoms with van der Waals surface area (Å²) in [6.07, 6.45) is 1.73. The summed E-state index contributed by atoms with van der Waals surface area (Å²) in [7, 11) is 0. The maximum atomic E-state index is 14.9. The number of benzene rings is 1. The molecular weight excluding hydrogens is 487 g/mol. The van der Waals surface area contributed by atoms with E-state index in [1.165, 1.54) is 0 Å². The Bertz CT molecular complexity index is 844. The van der Waals surface area contributed by atoms with Gasteiger partial charge in [-0.1, -0.05) is 102 Å². The van der Waals surface area contributed by atoms with Gasteiger partial charge in [-0.05, 0) is 54.9 Å². The van der Waals surface area contributed by atoms with E-state index in [4.69, 9.17) is 5.73 Å². The Morgan fingerprint density at radius 3 is 2.43 bits per heavy atom. The fraction of sp³-hybridized carbons (Fsp3) is 0.759. The molecular formula is C29H49FN4O2S. The second-order valence-electron chi connectivity index (χ2n) is 11.5. The minimum Gasteiger partial charge on any atom is -0.342 e. The lowest BCUT2D eigenvalue weighted by Gasteiger charge is -2.42. The molecule has 8 heteroatoms. The Morgan fingerprint density at radius 2 is 1.89 bits per heavy atom. The molecule has 37 heavy (non-hydrogen) atoms. The Hall–Kier alpha value is -1.51. The maximum absolute atomic E-state index is 14.9. The molecule has 0 spiro atoms. The first kappa shape index (κ1) is 31.7. The molecule has 1 aromatic rings. The Balaban J connectivity index is 2.39. The fourth-order valence-electron chi connectivity index (χ4n) is 6.10. The number of nitrogens with two attached hydrogens (primary N) is 1. The van der Waals surface area contributed by atoms with Crippen LogP contribution in [0.5, 0.6) is 0 Å². The van der Waals surface area contributed by atoms with Crippen molar-refractivity contribution in [2.24, 2.45) is 40.5 Å². The quantitative estimate of drug-likeness (QED) is 0.175. The number of halogens is 1. The van der Waals surface area contributed by atoms with Crippen LogP contribution in [0.15, 0.2) is 35.5 Å². The summed E-state index contributed by atoms with van der Waals surface area (Å²) in [6, 6.07) is 9.91. The van der Waals surface area contributed by atoms with Crippen molar-refractivity contribution in [3.05, 3.63) is 40.8 Å². The number of carbonyl (C=O) groups excluding carboxylic acids is 1. The third-order valence-corrected chi connectivity index (χ3v) is 9.89. The minimum absolute atomic E-state index is 0.146. The van der Waals surface area contributed by atoms with Crippen molar-refractivity contribution >= 4 is 17.9 Å². The first-order valence-electron chi connectivity index (χ1n) is 14.0. The fourth-order valence-corrected chi connectivity index (χ4v) is 7.39. The van der Waals surface area contributed by atoms with Crippen LogP contribution in [-0.2, 0) is 10.2 Å². The molecule has 4 N–H and O–H groups in total. The van der Waals surface area contributed by atoms with Gasteiger partial charge in [-0.15, -0.1) is 4.91 Å². The molecule has 0 bridgehead atoms. The molecule has 1 saturated heterocycles. The third-order valence-electron chi connectivity index (χ3n) is 8.69. The van der Waals surface area contributed by atoms with Gasteiger partial charge in [0.2, 0.25) is 5.91 Å². The summed E-state index contributed by atoms with van der Waals surface area (Å²) in [5, 5.41) is 6.20. The number of nitrogens with zero attached hydrogens (tertiary/aromatic N) is 1. The summed E-state index contributed by atoms with van der Waals surface area (Å²) in [5.41, 5.74) is 6.43. The molecule has 1 aliphatic rings. The number of rotatable bonds is 15. The maximum Gasteiger partial charge on any atom is 0.227 e. The lowest BCUT2D eigenvalue weighted by Crippen LogP contribution is -2.53. The van der Waals surface area contributed by atoms with Crippen LogP contribution in [-0.4, -0.2) is 29.7 Å². The molecule has 0 aliphatic carbocycles. The molecule has 2 rings (SSSR count). The smallest absolute Gasteiger partial charge is 0.227 e. The highest BCUT2D eigenvalue weighted by molar-refractivity contribution is 7.98. The van der Waals surface area contributed by atoms with Gasteiger partial charge in [0, 0.05) is 12.0 Å². The predicted molar refractivity (Wildman–Crippen MR) is 153 cm³/mol. The predicted octanol–water partition coefficient (Wildman–Crippen LogP) is 6.55. The van der Waals surface area contributed by atoms with Crippen LogP contribution in [0.2, 0.25) is 0 Å². The zero-order valence-corrected chi connectivity index (χ0v) is 24.6. The van der Waals surface area contributed by atoms with Crippen molar-refractivity contribution in [2.75, 3.05) is 0 Å². The summed E-state index contributed by atoms with van der Waals surface area (Å²) in [6.45, 7) is 14.6. The molecule has 1 fully saturated rings. The van der Waals surface area contributed by atoms with Crippen LogP contribution < -0.4 is 15.8 Å². The average molecular weight is 537 g/mol.